The van der Waals surface area contributed by atoms with Gasteiger partial charge >= 0.3 is 5.97 Å². The fourth-order valence-corrected chi connectivity index (χ4v) is 0.658. The van der Waals surface area contributed by atoms with Crippen LogP contribution in [0.2, 0.25) is 0 Å². The van der Waals surface area contributed by atoms with Gasteiger partial charge in [0.2, 0.25) is 0 Å². The van der Waals surface area contributed by atoms with Crippen LogP contribution in [0.4, 0.5) is 0 Å². The maximum Gasteiger partial charge on any atom is 0.348 e. The minimum atomic E-state index is -0.686. The Kier molecular flexibility index (Phi) is 5.57. The number of nitriles is 1. The van der Waals surface area contributed by atoms with E-state index in [9.17, 15) is 4.79 Å². The number of carbonyl (C=O) groups excluding carboxylic acids is 1. The molecule has 13 heavy (non-hydrogen) atoms. The molecule has 0 bridgehead atoms. The Morgan fingerprint density at radius 1 is 1.69 bits per heavy atom. The van der Waals surface area contributed by atoms with Gasteiger partial charge in [0.05, 0.1) is 6.10 Å². The summed E-state index contributed by atoms with van der Waals surface area (Å²) in [7, 11) is 0. The highest BCUT2D eigenvalue weighted by atomic mass is 16.6. The molecule has 0 aliphatic heterocycles. The zero-order valence-corrected chi connectivity index (χ0v) is 7.87. The van der Waals surface area contributed by atoms with Gasteiger partial charge in [0.1, 0.15) is 18.2 Å². The molecule has 0 aromatic heterocycles. The van der Waals surface area contributed by atoms with E-state index in [0.29, 0.717) is 6.61 Å². The summed E-state index contributed by atoms with van der Waals surface area (Å²) in [5, 5.41) is 8.29. The first-order valence-electron chi connectivity index (χ1n) is 3.99. The Bertz CT molecular complexity index is 230. The van der Waals surface area contributed by atoms with Crippen molar-refractivity contribution < 1.29 is 14.3 Å². The van der Waals surface area contributed by atoms with Gasteiger partial charge in [-0.3, -0.25) is 0 Å². The molecule has 0 fully saturated rings. The molecule has 0 aromatic rings. The van der Waals surface area contributed by atoms with Crippen molar-refractivity contribution in [2.75, 3.05) is 13.2 Å². The van der Waals surface area contributed by atoms with E-state index >= 15 is 0 Å². The van der Waals surface area contributed by atoms with Crippen molar-refractivity contribution in [1.82, 2.24) is 0 Å². The van der Waals surface area contributed by atoms with E-state index in [1.807, 2.05) is 6.92 Å². The number of rotatable bonds is 5. The minimum Gasteiger partial charge on any atom is -0.459 e. The van der Waals surface area contributed by atoms with Crippen LogP contribution < -0.4 is 0 Å². The Balaban J connectivity index is 3.71. The van der Waals surface area contributed by atoms with Gasteiger partial charge < -0.3 is 9.47 Å². The Morgan fingerprint density at radius 3 is 2.77 bits per heavy atom. The van der Waals surface area contributed by atoms with E-state index in [4.69, 9.17) is 14.7 Å². The Labute approximate surface area is 77.8 Å². The maximum absolute atomic E-state index is 10.9. The molecule has 0 rings (SSSR count). The monoisotopic (exact) mass is 183 g/mol. The largest absolute Gasteiger partial charge is 0.459 e. The molecule has 0 aliphatic rings. The standard InChI is InChI=1S/C9H13NO3/c1-4-12-8(3)6-13-9(11)7(2)5-10/h8H,2,4,6H2,1,3H3. The van der Waals surface area contributed by atoms with Gasteiger partial charge in [0.15, 0.2) is 0 Å². The normalized spacial score (nSPS) is 11.5. The van der Waals surface area contributed by atoms with Crippen molar-refractivity contribution >= 4 is 5.97 Å². The van der Waals surface area contributed by atoms with Gasteiger partial charge in [-0.05, 0) is 13.8 Å². The predicted molar refractivity (Wildman–Crippen MR) is 46.8 cm³/mol. The van der Waals surface area contributed by atoms with Crippen molar-refractivity contribution in [3.05, 3.63) is 12.2 Å². The molecule has 0 spiro atoms. The van der Waals surface area contributed by atoms with Crippen LogP contribution in [0.5, 0.6) is 0 Å². The highest BCUT2D eigenvalue weighted by Crippen LogP contribution is 1.96. The lowest BCUT2D eigenvalue weighted by Gasteiger charge is -2.10. The van der Waals surface area contributed by atoms with Crippen LogP contribution in [-0.4, -0.2) is 25.3 Å². The van der Waals surface area contributed by atoms with Crippen molar-refractivity contribution in [2.45, 2.75) is 20.0 Å². The van der Waals surface area contributed by atoms with E-state index in [0.717, 1.165) is 0 Å². The third-order valence-corrected chi connectivity index (χ3v) is 1.28. The molecule has 0 heterocycles. The van der Waals surface area contributed by atoms with Crippen LogP contribution in [0.3, 0.4) is 0 Å². The van der Waals surface area contributed by atoms with Crippen molar-refractivity contribution in [3.63, 3.8) is 0 Å². The second-order valence-corrected chi connectivity index (χ2v) is 2.45. The number of hydrogen-bond acceptors (Lipinski definition) is 4. The van der Waals surface area contributed by atoms with Gasteiger partial charge in [-0.25, -0.2) is 4.79 Å². The molecule has 0 radical (unpaired) electrons. The Hall–Kier alpha value is -1.34. The van der Waals surface area contributed by atoms with E-state index in [2.05, 4.69) is 6.58 Å². The van der Waals surface area contributed by atoms with Crippen LogP contribution in [0.25, 0.3) is 0 Å². The molecule has 0 aromatic carbocycles. The highest BCUT2D eigenvalue weighted by Gasteiger charge is 2.09. The number of carbonyl (C=O) groups is 1. The smallest absolute Gasteiger partial charge is 0.348 e. The highest BCUT2D eigenvalue weighted by molar-refractivity contribution is 5.91. The van der Waals surface area contributed by atoms with Crippen molar-refractivity contribution in [2.24, 2.45) is 0 Å². The molecule has 1 atom stereocenters. The number of nitrogens with zero attached hydrogens (tertiary/aromatic N) is 1. The summed E-state index contributed by atoms with van der Waals surface area (Å²) in [6.07, 6.45) is -0.152. The molecule has 72 valence electrons. The Morgan fingerprint density at radius 2 is 2.31 bits per heavy atom. The van der Waals surface area contributed by atoms with Crippen LogP contribution in [0.1, 0.15) is 13.8 Å². The first-order chi connectivity index (χ1) is 6.11. The molecule has 0 saturated carbocycles. The van der Waals surface area contributed by atoms with E-state index in [1.165, 1.54) is 0 Å². The predicted octanol–water partition coefficient (Wildman–Crippen LogP) is 1.03. The molecule has 0 saturated heterocycles. The fraction of sp³-hybridized carbons (Fsp3) is 0.556. The summed E-state index contributed by atoms with van der Waals surface area (Å²) < 4.78 is 9.84. The lowest BCUT2D eigenvalue weighted by Crippen LogP contribution is -2.19. The van der Waals surface area contributed by atoms with Crippen molar-refractivity contribution in [3.8, 4) is 6.07 Å². The molecule has 4 heteroatoms. The van der Waals surface area contributed by atoms with E-state index in [1.54, 1.807) is 13.0 Å². The summed E-state index contributed by atoms with van der Waals surface area (Å²) in [4.78, 5) is 10.9. The van der Waals surface area contributed by atoms with Gasteiger partial charge in [-0.2, -0.15) is 5.26 Å². The zero-order chi connectivity index (χ0) is 10.3. The summed E-state index contributed by atoms with van der Waals surface area (Å²) in [6, 6.07) is 1.61. The minimum absolute atomic E-state index is 0.146. The lowest BCUT2D eigenvalue weighted by atomic mass is 10.3. The molecule has 4 nitrogen and oxygen atoms in total. The zero-order valence-electron chi connectivity index (χ0n) is 7.87. The van der Waals surface area contributed by atoms with Crippen LogP contribution in [0.15, 0.2) is 12.2 Å². The molecule has 0 N–H and O–H groups in total. The first-order valence-corrected chi connectivity index (χ1v) is 3.99. The quantitative estimate of drug-likeness (QED) is 0.363. The lowest BCUT2D eigenvalue weighted by molar-refractivity contribution is -0.142. The average Bonchev–Trinajstić information content (AvgIpc) is 2.13. The van der Waals surface area contributed by atoms with Gasteiger partial charge in [0, 0.05) is 6.61 Å². The number of esters is 1. The van der Waals surface area contributed by atoms with E-state index < -0.39 is 5.97 Å². The van der Waals surface area contributed by atoms with Gasteiger partial charge in [-0.15, -0.1) is 0 Å². The second-order valence-electron chi connectivity index (χ2n) is 2.45. The summed E-state index contributed by atoms with van der Waals surface area (Å²) in [5.41, 5.74) is -0.191. The summed E-state index contributed by atoms with van der Waals surface area (Å²) >= 11 is 0. The van der Waals surface area contributed by atoms with Gasteiger partial charge in [0.25, 0.3) is 0 Å². The topological polar surface area (TPSA) is 59.3 Å². The van der Waals surface area contributed by atoms with Gasteiger partial charge in [-0.1, -0.05) is 6.58 Å². The average molecular weight is 183 g/mol. The number of hydrogen-bond donors (Lipinski definition) is 0. The third kappa shape index (κ3) is 4.99. The van der Waals surface area contributed by atoms with E-state index in [-0.39, 0.29) is 18.3 Å². The molecule has 0 aliphatic carbocycles. The number of ether oxygens (including phenoxy) is 2. The molecule has 1 unspecified atom stereocenters. The SMILES string of the molecule is C=C(C#N)C(=O)OCC(C)OCC. The van der Waals surface area contributed by atoms with Crippen LogP contribution in [0, 0.1) is 11.3 Å². The summed E-state index contributed by atoms with van der Waals surface area (Å²) in [6.45, 7) is 7.57. The van der Waals surface area contributed by atoms with Crippen LogP contribution in [-0.2, 0) is 14.3 Å². The van der Waals surface area contributed by atoms with Crippen LogP contribution >= 0.6 is 0 Å². The first kappa shape index (κ1) is 11.7. The van der Waals surface area contributed by atoms with Crippen molar-refractivity contribution in [1.29, 1.82) is 5.26 Å². The maximum atomic E-state index is 10.9. The second kappa shape index (κ2) is 6.21. The fourth-order valence-electron chi connectivity index (χ4n) is 0.658. The molecular formula is C9H13NO3. The summed E-state index contributed by atoms with van der Waals surface area (Å²) in [5.74, 6) is -0.686. The molecular weight excluding hydrogens is 170 g/mol. The molecule has 0 amide bonds. The third-order valence-electron chi connectivity index (χ3n) is 1.28.